The van der Waals surface area contributed by atoms with Crippen molar-refractivity contribution in [1.82, 2.24) is 5.32 Å². The molecule has 0 bridgehead atoms. The zero-order chi connectivity index (χ0) is 10.9. The van der Waals surface area contributed by atoms with Crippen molar-refractivity contribution in [3.63, 3.8) is 0 Å². The molecule has 0 atom stereocenters. The van der Waals surface area contributed by atoms with Crippen LogP contribution in [-0.4, -0.2) is 24.5 Å². The molecule has 2 rings (SSSR count). The molecule has 0 saturated carbocycles. The lowest BCUT2D eigenvalue weighted by Crippen LogP contribution is -2.17. The van der Waals surface area contributed by atoms with Gasteiger partial charge in [0.15, 0.2) is 6.29 Å². The third-order valence-corrected chi connectivity index (χ3v) is 1.98. The molecule has 1 aliphatic heterocycles. The van der Waals surface area contributed by atoms with Gasteiger partial charge in [-0.05, 0) is 25.1 Å². The fourth-order valence-corrected chi connectivity index (χ4v) is 1.16. The maximum absolute atomic E-state index is 10.1. The van der Waals surface area contributed by atoms with Crippen molar-refractivity contribution in [1.29, 1.82) is 0 Å². The van der Waals surface area contributed by atoms with E-state index in [1.807, 2.05) is 0 Å². The van der Waals surface area contributed by atoms with Crippen LogP contribution in [0, 0.1) is 0 Å². The second-order valence-corrected chi connectivity index (χ2v) is 3.14. The Labute approximate surface area is 89.4 Å². The predicted octanol–water partition coefficient (Wildman–Crippen LogP) is 1.74. The largest absolute Gasteiger partial charge is 0.507 e. The summed E-state index contributed by atoms with van der Waals surface area (Å²) in [5.41, 5.74) is 0.331. The van der Waals surface area contributed by atoms with E-state index in [1.54, 1.807) is 18.2 Å². The number of phenolic OH excluding ortho intramolecular Hbond substituents is 1. The van der Waals surface area contributed by atoms with Crippen LogP contribution in [0.3, 0.4) is 0 Å². The Kier molecular flexibility index (Phi) is 5.19. The smallest absolute Gasteiger partial charge is 0.153 e. The Balaban J connectivity index is 0.000000162. The van der Waals surface area contributed by atoms with Crippen molar-refractivity contribution in [3.8, 4) is 5.75 Å². The fraction of sp³-hybridized carbons (Fsp3) is 0.250. The summed E-state index contributed by atoms with van der Waals surface area (Å²) in [5.74, 6) is 0.0347. The first kappa shape index (κ1) is 11.5. The maximum atomic E-state index is 10.1. The number of nitrogens with one attached hydrogen (secondary N) is 1. The molecule has 3 nitrogen and oxygen atoms in total. The highest BCUT2D eigenvalue weighted by molar-refractivity contribution is 5.78. The summed E-state index contributed by atoms with van der Waals surface area (Å²) >= 11 is 0. The third-order valence-electron chi connectivity index (χ3n) is 1.98. The molecule has 15 heavy (non-hydrogen) atoms. The summed E-state index contributed by atoms with van der Waals surface area (Å²) in [6.45, 7) is 2.23. The first-order valence-corrected chi connectivity index (χ1v) is 4.93. The molecule has 0 aliphatic carbocycles. The predicted molar refractivity (Wildman–Crippen MR) is 60.1 cm³/mol. The normalized spacial score (nSPS) is 13.9. The van der Waals surface area contributed by atoms with E-state index in [2.05, 4.69) is 17.5 Å². The van der Waals surface area contributed by atoms with Crippen molar-refractivity contribution in [2.45, 2.75) is 6.42 Å². The van der Waals surface area contributed by atoms with Gasteiger partial charge in [0.1, 0.15) is 5.75 Å². The van der Waals surface area contributed by atoms with Gasteiger partial charge in [-0.25, -0.2) is 0 Å². The molecule has 3 heteroatoms. The lowest BCUT2D eigenvalue weighted by Gasteiger charge is -2.01. The highest BCUT2D eigenvalue weighted by Gasteiger charge is 1.93. The van der Waals surface area contributed by atoms with Crippen LogP contribution in [0.2, 0.25) is 0 Å². The summed E-state index contributed by atoms with van der Waals surface area (Å²) in [4.78, 5) is 10.1. The monoisotopic (exact) mass is 205 g/mol. The van der Waals surface area contributed by atoms with Crippen LogP contribution in [-0.2, 0) is 0 Å². The van der Waals surface area contributed by atoms with Crippen LogP contribution in [0.4, 0.5) is 0 Å². The Bertz CT molecular complexity index is 326. The third kappa shape index (κ3) is 4.42. The van der Waals surface area contributed by atoms with Crippen LogP contribution < -0.4 is 5.32 Å². The number of hydrogen-bond donors (Lipinski definition) is 2. The van der Waals surface area contributed by atoms with E-state index in [1.165, 1.54) is 12.5 Å². The Morgan fingerprint density at radius 3 is 2.40 bits per heavy atom. The first-order chi connectivity index (χ1) is 7.34. The minimum absolute atomic E-state index is 0.0347. The van der Waals surface area contributed by atoms with Crippen molar-refractivity contribution in [3.05, 3.63) is 42.0 Å². The minimum Gasteiger partial charge on any atom is -0.507 e. The van der Waals surface area contributed by atoms with Crippen LogP contribution in [0.25, 0.3) is 0 Å². The molecule has 0 saturated heterocycles. The summed E-state index contributed by atoms with van der Waals surface area (Å²) in [6, 6.07) is 6.40. The maximum Gasteiger partial charge on any atom is 0.153 e. The van der Waals surface area contributed by atoms with Gasteiger partial charge in [-0.3, -0.25) is 4.79 Å². The van der Waals surface area contributed by atoms with E-state index in [4.69, 9.17) is 5.11 Å². The minimum atomic E-state index is 0.0347. The highest BCUT2D eigenvalue weighted by Crippen LogP contribution is 2.11. The summed E-state index contributed by atoms with van der Waals surface area (Å²) in [5, 5.41) is 12.1. The number of para-hydroxylation sites is 1. The molecule has 0 spiro atoms. The quantitative estimate of drug-likeness (QED) is 0.542. The van der Waals surface area contributed by atoms with Gasteiger partial charge in [0.25, 0.3) is 0 Å². The van der Waals surface area contributed by atoms with E-state index < -0.39 is 0 Å². The molecule has 2 N–H and O–H groups in total. The lowest BCUT2D eigenvalue weighted by atomic mass is 10.2. The zero-order valence-corrected chi connectivity index (χ0v) is 8.52. The molecule has 1 aliphatic rings. The Morgan fingerprint density at radius 2 is 2.07 bits per heavy atom. The van der Waals surface area contributed by atoms with Gasteiger partial charge in [-0.15, -0.1) is 0 Å². The molecule has 1 aromatic carbocycles. The molecule has 80 valence electrons. The fourth-order valence-electron chi connectivity index (χ4n) is 1.16. The number of carbonyl (C=O) groups is 1. The number of hydrogen-bond acceptors (Lipinski definition) is 3. The van der Waals surface area contributed by atoms with E-state index in [0.29, 0.717) is 11.8 Å². The van der Waals surface area contributed by atoms with Crippen molar-refractivity contribution in [2.75, 3.05) is 13.1 Å². The van der Waals surface area contributed by atoms with Crippen LogP contribution >= 0.6 is 0 Å². The second kappa shape index (κ2) is 6.79. The van der Waals surface area contributed by atoms with Crippen LogP contribution in [0.15, 0.2) is 36.4 Å². The number of aldehydes is 1. The molecule has 0 unspecified atom stereocenters. The lowest BCUT2D eigenvalue weighted by molar-refractivity contribution is 0.112. The molecule has 0 amide bonds. The Morgan fingerprint density at radius 1 is 1.27 bits per heavy atom. The van der Waals surface area contributed by atoms with Crippen molar-refractivity contribution >= 4 is 6.29 Å². The van der Waals surface area contributed by atoms with Gasteiger partial charge in [-0.1, -0.05) is 24.3 Å². The summed E-state index contributed by atoms with van der Waals surface area (Å²) in [7, 11) is 0. The number of phenols is 1. The summed E-state index contributed by atoms with van der Waals surface area (Å²) in [6.07, 6.45) is 6.19. The van der Waals surface area contributed by atoms with Crippen LogP contribution in [0.1, 0.15) is 16.8 Å². The standard InChI is InChI=1S/C7H6O2.C5H9N/c8-5-6-3-1-2-4-7(6)9;1-2-4-6-5-3-1/h1-5,9H;1-2,6H,3-5H2. The van der Waals surface area contributed by atoms with E-state index in [9.17, 15) is 4.79 Å². The molecule has 1 heterocycles. The SMILES string of the molecule is C1=CCNCC1.O=Cc1ccccc1O. The summed E-state index contributed by atoms with van der Waals surface area (Å²) < 4.78 is 0. The van der Waals surface area contributed by atoms with E-state index in [0.717, 1.165) is 13.1 Å². The van der Waals surface area contributed by atoms with E-state index in [-0.39, 0.29) is 5.75 Å². The Hall–Kier alpha value is -1.61. The highest BCUT2D eigenvalue weighted by atomic mass is 16.3. The van der Waals surface area contributed by atoms with Gasteiger partial charge in [0, 0.05) is 6.54 Å². The number of aromatic hydroxyl groups is 1. The molecule has 0 fully saturated rings. The van der Waals surface area contributed by atoms with E-state index >= 15 is 0 Å². The van der Waals surface area contributed by atoms with Gasteiger partial charge >= 0.3 is 0 Å². The van der Waals surface area contributed by atoms with Gasteiger partial charge in [0.05, 0.1) is 5.56 Å². The molecule has 0 radical (unpaired) electrons. The second-order valence-electron chi connectivity index (χ2n) is 3.14. The van der Waals surface area contributed by atoms with Crippen molar-refractivity contribution < 1.29 is 9.90 Å². The average molecular weight is 205 g/mol. The van der Waals surface area contributed by atoms with Gasteiger partial charge in [-0.2, -0.15) is 0 Å². The van der Waals surface area contributed by atoms with Gasteiger partial charge < -0.3 is 10.4 Å². The molecular weight excluding hydrogens is 190 g/mol. The number of rotatable bonds is 1. The average Bonchev–Trinajstić information content (AvgIpc) is 2.33. The molecule has 1 aromatic rings. The van der Waals surface area contributed by atoms with Gasteiger partial charge in [0.2, 0.25) is 0 Å². The van der Waals surface area contributed by atoms with Crippen molar-refractivity contribution in [2.24, 2.45) is 0 Å². The van der Waals surface area contributed by atoms with Crippen LogP contribution in [0.5, 0.6) is 5.75 Å². The molecular formula is C12H15NO2. The molecule has 0 aromatic heterocycles. The zero-order valence-electron chi connectivity index (χ0n) is 8.52. The number of benzene rings is 1. The first-order valence-electron chi connectivity index (χ1n) is 4.93. The topological polar surface area (TPSA) is 49.3 Å². The number of carbonyl (C=O) groups excluding carboxylic acids is 1.